The van der Waals surface area contributed by atoms with E-state index in [9.17, 15) is 0 Å². The van der Waals surface area contributed by atoms with E-state index in [1.165, 1.54) is 5.39 Å². The van der Waals surface area contributed by atoms with E-state index in [0.717, 1.165) is 35.0 Å². The molecule has 0 saturated carbocycles. The van der Waals surface area contributed by atoms with Crippen LogP contribution in [-0.2, 0) is 6.42 Å². The Labute approximate surface area is 122 Å². The quantitative estimate of drug-likeness (QED) is 0.727. The fraction of sp³-hybridized carbons (Fsp3) is 0.188. The second kappa shape index (κ2) is 5.51. The van der Waals surface area contributed by atoms with E-state index < -0.39 is 0 Å². The van der Waals surface area contributed by atoms with Gasteiger partial charge in [0.15, 0.2) is 0 Å². The van der Waals surface area contributed by atoms with Crippen molar-refractivity contribution in [3.8, 4) is 11.3 Å². The second-order valence-electron chi connectivity index (χ2n) is 4.71. The van der Waals surface area contributed by atoms with Gasteiger partial charge in [-0.05, 0) is 17.9 Å². The van der Waals surface area contributed by atoms with E-state index in [-0.39, 0.29) is 0 Å². The molecule has 3 rings (SSSR count). The third-order valence-electron chi connectivity index (χ3n) is 3.40. The number of nitrogens with zero attached hydrogens (tertiary/aromatic N) is 2. The minimum absolute atomic E-state index is 0.687. The first-order chi connectivity index (χ1) is 9.81. The smallest absolute Gasteiger partial charge is 0.133 e. The van der Waals surface area contributed by atoms with Crippen molar-refractivity contribution in [2.24, 2.45) is 0 Å². The highest BCUT2D eigenvalue weighted by molar-refractivity contribution is 7.71. The van der Waals surface area contributed by atoms with Crippen molar-refractivity contribution < 1.29 is 0 Å². The molecule has 1 aromatic carbocycles. The molecule has 0 atom stereocenters. The van der Waals surface area contributed by atoms with Gasteiger partial charge in [-0.3, -0.25) is 4.98 Å². The molecular weight excluding hydrogens is 266 g/mol. The first kappa shape index (κ1) is 12.9. The maximum absolute atomic E-state index is 5.38. The monoisotopic (exact) mass is 281 g/mol. The fourth-order valence-electron chi connectivity index (χ4n) is 2.49. The van der Waals surface area contributed by atoms with Gasteiger partial charge in [-0.15, -0.1) is 0 Å². The van der Waals surface area contributed by atoms with Crippen molar-refractivity contribution in [1.82, 2.24) is 15.0 Å². The van der Waals surface area contributed by atoms with Gasteiger partial charge in [-0.2, -0.15) is 0 Å². The predicted octanol–water partition coefficient (Wildman–Crippen LogP) is 4.31. The number of benzene rings is 1. The predicted molar refractivity (Wildman–Crippen MR) is 84.2 cm³/mol. The summed E-state index contributed by atoms with van der Waals surface area (Å²) >= 11 is 5.38. The summed E-state index contributed by atoms with van der Waals surface area (Å²) in [6, 6.07) is 8.27. The van der Waals surface area contributed by atoms with Crippen LogP contribution in [0.15, 0.2) is 43.0 Å². The zero-order chi connectivity index (χ0) is 13.9. The Hall–Kier alpha value is -2.07. The Morgan fingerprint density at radius 1 is 1.25 bits per heavy atom. The molecule has 2 aromatic heterocycles. The number of pyridine rings is 1. The number of H-pyrrole nitrogens is 1. The van der Waals surface area contributed by atoms with Gasteiger partial charge in [0, 0.05) is 28.9 Å². The van der Waals surface area contributed by atoms with Gasteiger partial charge in [0.05, 0.1) is 12.0 Å². The van der Waals surface area contributed by atoms with E-state index in [0.29, 0.717) is 4.64 Å². The minimum atomic E-state index is 0.687. The average Bonchev–Trinajstić information content (AvgIpc) is 2.49. The van der Waals surface area contributed by atoms with Crippen LogP contribution in [0.3, 0.4) is 0 Å². The summed E-state index contributed by atoms with van der Waals surface area (Å²) < 4.78 is 0.687. The average molecular weight is 281 g/mol. The van der Waals surface area contributed by atoms with Crippen LogP contribution < -0.4 is 0 Å². The van der Waals surface area contributed by atoms with E-state index in [4.69, 9.17) is 12.2 Å². The van der Waals surface area contributed by atoms with Crippen LogP contribution in [0.2, 0.25) is 0 Å². The Kier molecular flexibility index (Phi) is 3.56. The lowest BCUT2D eigenvalue weighted by Gasteiger charge is -2.11. The maximum atomic E-state index is 5.38. The number of hydrogen-bond donors (Lipinski definition) is 1. The van der Waals surface area contributed by atoms with Gasteiger partial charge in [0.2, 0.25) is 0 Å². The van der Waals surface area contributed by atoms with Gasteiger partial charge in [0.25, 0.3) is 0 Å². The number of aromatic nitrogens is 3. The normalized spacial score (nSPS) is 10.8. The molecule has 3 nitrogen and oxygen atoms in total. The van der Waals surface area contributed by atoms with Crippen molar-refractivity contribution in [2.45, 2.75) is 19.8 Å². The lowest BCUT2D eigenvalue weighted by molar-refractivity contribution is 0.899. The molecule has 1 N–H and O–H groups in total. The van der Waals surface area contributed by atoms with Crippen LogP contribution in [0, 0.1) is 4.64 Å². The molecule has 0 unspecified atom stereocenters. The topological polar surface area (TPSA) is 41.6 Å². The Bertz CT molecular complexity index is 803. The highest BCUT2D eigenvalue weighted by Gasteiger charge is 2.10. The standard InChI is InChI=1S/C16H15N3S/c1-2-4-14-15(18-10-19-16(14)20)13-6-3-5-11-9-17-8-7-12(11)13/h3,5-10H,2,4H2,1H3,(H,18,19,20). The van der Waals surface area contributed by atoms with Gasteiger partial charge in [0.1, 0.15) is 4.64 Å². The van der Waals surface area contributed by atoms with E-state index >= 15 is 0 Å². The maximum Gasteiger partial charge on any atom is 0.133 e. The first-order valence-electron chi connectivity index (χ1n) is 6.71. The molecule has 0 aliphatic heterocycles. The first-order valence-corrected chi connectivity index (χ1v) is 7.11. The molecule has 0 aliphatic rings. The highest BCUT2D eigenvalue weighted by Crippen LogP contribution is 2.29. The number of aromatic amines is 1. The zero-order valence-electron chi connectivity index (χ0n) is 11.3. The third kappa shape index (κ3) is 2.23. The third-order valence-corrected chi connectivity index (χ3v) is 3.75. The molecule has 100 valence electrons. The van der Waals surface area contributed by atoms with Crippen molar-refractivity contribution in [3.05, 3.63) is 53.2 Å². The molecule has 4 heteroatoms. The Balaban J connectivity index is 2.31. The molecule has 20 heavy (non-hydrogen) atoms. The van der Waals surface area contributed by atoms with Crippen LogP contribution in [0.5, 0.6) is 0 Å². The summed E-state index contributed by atoms with van der Waals surface area (Å²) in [5, 5.41) is 2.31. The number of nitrogens with one attached hydrogen (secondary N) is 1. The molecule has 0 fully saturated rings. The van der Waals surface area contributed by atoms with Gasteiger partial charge in [-0.1, -0.05) is 43.8 Å². The molecule has 2 heterocycles. The molecule has 0 aliphatic carbocycles. The summed E-state index contributed by atoms with van der Waals surface area (Å²) in [6.07, 6.45) is 7.36. The molecule has 0 saturated heterocycles. The van der Waals surface area contributed by atoms with Crippen LogP contribution in [-0.4, -0.2) is 15.0 Å². The van der Waals surface area contributed by atoms with Crippen LogP contribution in [0.25, 0.3) is 22.0 Å². The molecule has 0 amide bonds. The van der Waals surface area contributed by atoms with E-state index in [2.05, 4.69) is 34.0 Å². The fourth-order valence-corrected chi connectivity index (χ4v) is 2.75. The highest BCUT2D eigenvalue weighted by atomic mass is 32.1. The largest absolute Gasteiger partial charge is 0.346 e. The van der Waals surface area contributed by atoms with Crippen molar-refractivity contribution in [2.75, 3.05) is 0 Å². The minimum Gasteiger partial charge on any atom is -0.346 e. The summed E-state index contributed by atoms with van der Waals surface area (Å²) in [7, 11) is 0. The Morgan fingerprint density at radius 2 is 2.15 bits per heavy atom. The van der Waals surface area contributed by atoms with Gasteiger partial charge >= 0.3 is 0 Å². The molecule has 0 radical (unpaired) electrons. The molecule has 0 bridgehead atoms. The van der Waals surface area contributed by atoms with Crippen molar-refractivity contribution >= 4 is 23.0 Å². The summed E-state index contributed by atoms with van der Waals surface area (Å²) in [5.41, 5.74) is 3.35. The molecule has 3 aromatic rings. The zero-order valence-corrected chi connectivity index (χ0v) is 12.1. The summed E-state index contributed by atoms with van der Waals surface area (Å²) in [6.45, 7) is 2.15. The SMILES string of the molecule is CCCc1c(-c2cccc3cnccc23)[nH]cnc1=S. The number of hydrogen-bond acceptors (Lipinski definition) is 3. The van der Waals surface area contributed by atoms with E-state index in [1.807, 2.05) is 24.5 Å². The molecule has 0 spiro atoms. The van der Waals surface area contributed by atoms with Gasteiger partial charge < -0.3 is 4.98 Å². The van der Waals surface area contributed by atoms with Gasteiger partial charge in [-0.25, -0.2) is 4.98 Å². The van der Waals surface area contributed by atoms with Crippen LogP contribution >= 0.6 is 12.2 Å². The Morgan fingerprint density at radius 3 is 3.00 bits per heavy atom. The molecular formula is C16H15N3S. The summed E-state index contributed by atoms with van der Waals surface area (Å²) in [4.78, 5) is 11.7. The second-order valence-corrected chi connectivity index (χ2v) is 5.10. The summed E-state index contributed by atoms with van der Waals surface area (Å²) in [5.74, 6) is 0. The van der Waals surface area contributed by atoms with Crippen molar-refractivity contribution in [3.63, 3.8) is 0 Å². The van der Waals surface area contributed by atoms with Crippen LogP contribution in [0.1, 0.15) is 18.9 Å². The van der Waals surface area contributed by atoms with E-state index in [1.54, 1.807) is 6.33 Å². The number of rotatable bonds is 3. The van der Waals surface area contributed by atoms with Crippen molar-refractivity contribution in [1.29, 1.82) is 0 Å². The number of fused-ring (bicyclic) bond motifs is 1. The van der Waals surface area contributed by atoms with Crippen LogP contribution in [0.4, 0.5) is 0 Å². The lowest BCUT2D eigenvalue weighted by atomic mass is 9.99. The lowest BCUT2D eigenvalue weighted by Crippen LogP contribution is -1.97.